The highest BCUT2D eigenvalue weighted by Crippen LogP contribution is 2.34. The van der Waals surface area contributed by atoms with Crippen LogP contribution < -0.4 is 21.7 Å². The smallest absolute Gasteiger partial charge is 0.123 e. The van der Waals surface area contributed by atoms with Crippen LogP contribution in [0.1, 0.15) is 43.6 Å². The number of rotatable bonds is 9. The van der Waals surface area contributed by atoms with Crippen LogP contribution in [-0.2, 0) is 16.1 Å². The molecule has 0 aromatic heterocycles. The molecular formula is C23H36FN5O2S. The molecule has 2 fully saturated rings. The lowest BCUT2D eigenvalue weighted by molar-refractivity contribution is -0.0165. The zero-order valence-electron chi connectivity index (χ0n) is 18.7. The number of nitrogens with one attached hydrogen (secondary N) is 2. The van der Waals surface area contributed by atoms with Gasteiger partial charge in [-0.1, -0.05) is 17.0 Å². The number of benzene rings is 1. The Morgan fingerprint density at radius 3 is 2.78 bits per heavy atom. The molecule has 2 unspecified atom stereocenters. The summed E-state index contributed by atoms with van der Waals surface area (Å²) in [7, 11) is 0. The van der Waals surface area contributed by atoms with Crippen molar-refractivity contribution < 1.29 is 13.7 Å². The molecule has 1 aromatic carbocycles. The van der Waals surface area contributed by atoms with Crippen LogP contribution in [0.25, 0.3) is 0 Å². The molecule has 3 rings (SSSR count). The number of allylic oxidation sites excluding steroid dienone is 2. The predicted octanol–water partition coefficient (Wildman–Crippen LogP) is 2.22. The number of nitrogens with zero attached hydrogens (tertiary/aromatic N) is 1. The Hall–Kier alpha value is -1.78. The molecule has 0 amide bonds. The summed E-state index contributed by atoms with van der Waals surface area (Å²) in [5, 5.41) is 0. The van der Waals surface area contributed by atoms with Crippen LogP contribution in [0, 0.1) is 11.7 Å². The van der Waals surface area contributed by atoms with E-state index in [9.17, 15) is 8.94 Å². The highest BCUT2D eigenvalue weighted by atomic mass is 32.2. The van der Waals surface area contributed by atoms with Crippen LogP contribution in [0.15, 0.2) is 48.4 Å². The van der Waals surface area contributed by atoms with Crippen LogP contribution in [0.3, 0.4) is 0 Å². The highest BCUT2D eigenvalue weighted by molar-refractivity contribution is 7.88. The molecule has 0 radical (unpaired) electrons. The molecule has 178 valence electrons. The zero-order chi connectivity index (χ0) is 22.9. The van der Waals surface area contributed by atoms with Crippen LogP contribution in [0.5, 0.6) is 0 Å². The second-order valence-corrected chi connectivity index (χ2v) is 9.75. The number of piperidine rings is 1. The van der Waals surface area contributed by atoms with Gasteiger partial charge in [0, 0.05) is 25.0 Å². The molecule has 1 aliphatic carbocycles. The first-order chi connectivity index (χ1) is 15.5. The summed E-state index contributed by atoms with van der Waals surface area (Å²) in [6.45, 7) is 2.14. The summed E-state index contributed by atoms with van der Waals surface area (Å²) in [4.78, 5) is 4.97. The van der Waals surface area contributed by atoms with E-state index in [-0.39, 0.29) is 23.9 Å². The Morgan fingerprint density at radius 2 is 2.09 bits per heavy atom. The summed E-state index contributed by atoms with van der Waals surface area (Å²) in [5.74, 6) is 1.10. The van der Waals surface area contributed by atoms with Gasteiger partial charge in [-0.05, 0) is 74.1 Å². The van der Waals surface area contributed by atoms with Gasteiger partial charge in [-0.25, -0.2) is 9.82 Å². The monoisotopic (exact) mass is 465 g/mol. The normalized spacial score (nSPS) is 28.2. The maximum Gasteiger partial charge on any atom is 0.123 e. The van der Waals surface area contributed by atoms with E-state index in [0.29, 0.717) is 18.3 Å². The minimum atomic E-state index is -1.14. The van der Waals surface area contributed by atoms with Gasteiger partial charge >= 0.3 is 0 Å². The summed E-state index contributed by atoms with van der Waals surface area (Å²) in [5.41, 5.74) is 15.9. The van der Waals surface area contributed by atoms with Gasteiger partial charge in [0.15, 0.2) is 0 Å². The predicted molar refractivity (Wildman–Crippen MR) is 127 cm³/mol. The Bertz CT molecular complexity index is 771. The summed E-state index contributed by atoms with van der Waals surface area (Å²) in [6, 6.07) is 7.09. The lowest BCUT2D eigenvalue weighted by atomic mass is 9.82. The third-order valence-corrected chi connectivity index (χ3v) is 6.81. The largest absolute Gasteiger partial charge is 0.597 e. The molecule has 1 heterocycles. The van der Waals surface area contributed by atoms with Gasteiger partial charge in [0.1, 0.15) is 12.1 Å². The third-order valence-electron chi connectivity index (χ3n) is 6.41. The van der Waals surface area contributed by atoms with E-state index in [4.69, 9.17) is 16.2 Å². The number of ether oxygens (including phenoxy) is 1. The number of nitrogens with two attached hydrogens (primary N) is 2. The topological polar surface area (TPSA) is 112 Å². The standard InChI is InChI=1S/C23H36FN5O2S/c1-32(30)28-27-22-11-13-29(23(26)6-3-12-25)15-19(22)16-31-21-9-7-17(8-10-21)18-4-2-5-20(24)14-18/h2-6,12,14,17,19,21-22,27-28H,7-11,13,15-16,25-26H2,1H3/b12-3-,23-6+/t17?,19-,21?,22?,32?/m0/s1. The van der Waals surface area contributed by atoms with Crippen LogP contribution in [0.2, 0.25) is 0 Å². The third kappa shape index (κ3) is 7.38. The van der Waals surface area contributed by atoms with Crippen molar-refractivity contribution >= 4 is 11.4 Å². The van der Waals surface area contributed by atoms with Crippen molar-refractivity contribution in [3.63, 3.8) is 0 Å². The second-order valence-electron chi connectivity index (χ2n) is 8.64. The van der Waals surface area contributed by atoms with E-state index in [1.165, 1.54) is 12.3 Å². The zero-order valence-corrected chi connectivity index (χ0v) is 19.5. The fourth-order valence-corrected chi connectivity index (χ4v) is 4.94. The fourth-order valence-electron chi connectivity index (χ4n) is 4.63. The van der Waals surface area contributed by atoms with Crippen molar-refractivity contribution in [1.29, 1.82) is 0 Å². The summed E-state index contributed by atoms with van der Waals surface area (Å²) >= 11 is -1.14. The van der Waals surface area contributed by atoms with Gasteiger partial charge in [0.05, 0.1) is 29.9 Å². The molecule has 1 saturated carbocycles. The van der Waals surface area contributed by atoms with Gasteiger partial charge in [-0.15, -0.1) is 0 Å². The fraction of sp³-hybridized carbons (Fsp3) is 0.565. The Balaban J connectivity index is 1.53. The van der Waals surface area contributed by atoms with Gasteiger partial charge in [-0.3, -0.25) is 0 Å². The number of halogens is 1. The molecule has 0 bridgehead atoms. The first kappa shape index (κ1) is 24.9. The minimum absolute atomic E-state index is 0.136. The molecule has 1 saturated heterocycles. The van der Waals surface area contributed by atoms with E-state index in [2.05, 4.69) is 15.2 Å². The second kappa shape index (κ2) is 12.5. The Kier molecular flexibility index (Phi) is 9.68. The lowest BCUT2D eigenvalue weighted by Gasteiger charge is -2.40. The molecule has 6 N–H and O–H groups in total. The van der Waals surface area contributed by atoms with E-state index in [0.717, 1.165) is 50.8 Å². The van der Waals surface area contributed by atoms with Crippen molar-refractivity contribution in [2.24, 2.45) is 17.4 Å². The lowest BCUT2D eigenvalue weighted by Crippen LogP contribution is -2.55. The number of likely N-dealkylation sites (tertiary alicyclic amines) is 1. The van der Waals surface area contributed by atoms with Crippen molar-refractivity contribution in [2.75, 3.05) is 26.0 Å². The van der Waals surface area contributed by atoms with Crippen molar-refractivity contribution in [3.8, 4) is 0 Å². The minimum Gasteiger partial charge on any atom is -0.597 e. The first-order valence-corrected chi connectivity index (χ1v) is 12.8. The highest BCUT2D eigenvalue weighted by Gasteiger charge is 2.32. The van der Waals surface area contributed by atoms with Gasteiger partial charge < -0.3 is 25.7 Å². The first-order valence-electron chi connectivity index (χ1n) is 11.3. The van der Waals surface area contributed by atoms with Gasteiger partial charge in [-0.2, -0.15) is 0 Å². The SMILES string of the molecule is C[S+]([O-])NNC1CCN(/C(N)=C/C=C\N)C[C@H]1COC1CCC(c2cccc(F)c2)CC1. The Morgan fingerprint density at radius 1 is 1.31 bits per heavy atom. The van der Waals surface area contributed by atoms with Crippen LogP contribution >= 0.6 is 0 Å². The maximum absolute atomic E-state index is 13.6. The van der Waals surface area contributed by atoms with E-state index >= 15 is 0 Å². The quantitative estimate of drug-likeness (QED) is 0.251. The molecule has 1 aliphatic heterocycles. The van der Waals surface area contributed by atoms with Crippen molar-refractivity contribution in [2.45, 2.75) is 50.2 Å². The van der Waals surface area contributed by atoms with E-state index in [1.54, 1.807) is 30.5 Å². The van der Waals surface area contributed by atoms with Crippen LogP contribution in [0.4, 0.5) is 4.39 Å². The van der Waals surface area contributed by atoms with Gasteiger partial charge in [0.2, 0.25) is 0 Å². The van der Waals surface area contributed by atoms with E-state index in [1.807, 2.05) is 6.07 Å². The molecule has 3 atom stereocenters. The molecule has 9 heteroatoms. The maximum atomic E-state index is 13.6. The Labute approximate surface area is 193 Å². The molecule has 7 nitrogen and oxygen atoms in total. The molecule has 32 heavy (non-hydrogen) atoms. The summed E-state index contributed by atoms with van der Waals surface area (Å²) in [6.07, 6.45) is 11.6. The van der Waals surface area contributed by atoms with Crippen LogP contribution in [-0.4, -0.2) is 47.6 Å². The van der Waals surface area contributed by atoms with Crippen molar-refractivity contribution in [1.82, 2.24) is 15.2 Å². The van der Waals surface area contributed by atoms with Gasteiger partial charge in [0.25, 0.3) is 0 Å². The molecular weight excluding hydrogens is 429 g/mol. The molecule has 1 aromatic rings. The van der Waals surface area contributed by atoms with E-state index < -0.39 is 11.4 Å². The summed E-state index contributed by atoms with van der Waals surface area (Å²) < 4.78 is 31.4. The average Bonchev–Trinajstić information content (AvgIpc) is 2.80. The average molecular weight is 466 g/mol. The number of hydrazine groups is 1. The van der Waals surface area contributed by atoms with Crippen molar-refractivity contribution in [3.05, 3.63) is 59.8 Å². The number of hydrogen-bond donors (Lipinski definition) is 4. The molecule has 2 aliphatic rings. The molecule has 0 spiro atoms. The number of hydrogen-bond acceptors (Lipinski definition) is 7.